The molecule has 1 N–H and O–H groups in total. The van der Waals surface area contributed by atoms with Gasteiger partial charge in [-0.05, 0) is 26.0 Å². The molecule has 1 rings (SSSR count). The van der Waals surface area contributed by atoms with E-state index in [0.29, 0.717) is 6.07 Å². The highest BCUT2D eigenvalue weighted by Crippen LogP contribution is 2.36. The van der Waals surface area contributed by atoms with Crippen molar-refractivity contribution in [3.05, 3.63) is 28.8 Å². The molecule has 0 aliphatic rings. The summed E-state index contributed by atoms with van der Waals surface area (Å²) in [6.45, 7) is 3.13. The van der Waals surface area contributed by atoms with E-state index in [-0.39, 0.29) is 17.8 Å². The van der Waals surface area contributed by atoms with E-state index in [1.807, 2.05) is 0 Å². The smallest absolute Gasteiger partial charge is 0.417 e. The van der Waals surface area contributed by atoms with Crippen molar-refractivity contribution >= 4 is 27.7 Å². The van der Waals surface area contributed by atoms with E-state index in [4.69, 9.17) is 0 Å². The number of halogens is 4. The summed E-state index contributed by atoms with van der Waals surface area (Å²) in [5, 5.41) is 9.73. The first-order valence-corrected chi connectivity index (χ1v) is 6.90. The minimum atomic E-state index is -4.84. The maximum absolute atomic E-state index is 12.9. The summed E-state index contributed by atoms with van der Waals surface area (Å²) in [6.07, 6.45) is -5.16. The summed E-state index contributed by atoms with van der Waals surface area (Å²) in [5.74, 6) is -2.26. The van der Waals surface area contributed by atoms with Gasteiger partial charge < -0.3 is 9.84 Å². The number of esters is 1. The maximum Gasteiger partial charge on any atom is 0.417 e. The normalized spacial score (nSPS) is 12.1. The van der Waals surface area contributed by atoms with Gasteiger partial charge in [-0.15, -0.1) is 0 Å². The van der Waals surface area contributed by atoms with Crippen molar-refractivity contribution in [3.63, 3.8) is 0 Å². The van der Waals surface area contributed by atoms with Crippen LogP contribution in [0.5, 0.6) is 5.75 Å². The third-order valence-corrected chi connectivity index (χ3v) is 3.39. The molecule has 0 aromatic heterocycles. The minimum absolute atomic E-state index is 0.0778. The average molecular weight is 383 g/mol. The molecular formula is C14H14BrF3O4. The number of rotatable bonds is 4. The Morgan fingerprint density at radius 3 is 2.23 bits per heavy atom. The zero-order valence-electron chi connectivity index (χ0n) is 12.0. The molecule has 0 fully saturated rings. The number of hydrogen-bond acceptors (Lipinski definition) is 4. The number of aromatic hydroxyl groups is 1. The lowest BCUT2D eigenvalue weighted by Crippen LogP contribution is -2.26. The Bertz CT molecular complexity index is 603. The highest BCUT2D eigenvalue weighted by Gasteiger charge is 2.37. The monoisotopic (exact) mass is 382 g/mol. The van der Waals surface area contributed by atoms with Gasteiger partial charge in [-0.2, -0.15) is 13.2 Å². The zero-order valence-corrected chi connectivity index (χ0v) is 13.6. The quantitative estimate of drug-likeness (QED) is 0.639. The summed E-state index contributed by atoms with van der Waals surface area (Å²) in [4.78, 5) is 23.5. The number of hydrogen-bond donors (Lipinski definition) is 1. The summed E-state index contributed by atoms with van der Waals surface area (Å²) in [5.41, 5.74) is -2.14. The highest BCUT2D eigenvalue weighted by atomic mass is 79.9. The van der Waals surface area contributed by atoms with Crippen LogP contribution in [0.4, 0.5) is 13.2 Å². The minimum Gasteiger partial charge on any atom is -0.508 e. The molecule has 0 amide bonds. The zero-order chi connectivity index (χ0) is 17.3. The van der Waals surface area contributed by atoms with E-state index in [1.54, 1.807) is 13.8 Å². The predicted octanol–water partition coefficient (Wildman–Crippen LogP) is 3.48. The Balaban J connectivity index is 3.39. The van der Waals surface area contributed by atoms with E-state index in [0.717, 1.165) is 13.2 Å². The van der Waals surface area contributed by atoms with E-state index in [2.05, 4.69) is 20.7 Å². The van der Waals surface area contributed by atoms with Gasteiger partial charge in [0, 0.05) is 12.0 Å². The topological polar surface area (TPSA) is 63.6 Å². The van der Waals surface area contributed by atoms with Crippen LogP contribution >= 0.6 is 15.9 Å². The summed E-state index contributed by atoms with van der Waals surface area (Å²) in [7, 11) is 0.946. The van der Waals surface area contributed by atoms with Gasteiger partial charge in [-0.3, -0.25) is 4.79 Å². The first-order valence-electron chi connectivity index (χ1n) is 6.11. The molecule has 0 saturated carbocycles. The number of carbonyl (C=O) groups is 2. The molecule has 0 unspecified atom stereocenters. The van der Waals surface area contributed by atoms with Crippen molar-refractivity contribution < 1.29 is 32.6 Å². The molecule has 8 heteroatoms. The maximum atomic E-state index is 12.9. The average Bonchev–Trinajstić information content (AvgIpc) is 2.37. The Labute approximate surface area is 133 Å². The van der Waals surface area contributed by atoms with Crippen molar-refractivity contribution in [3.8, 4) is 5.75 Å². The van der Waals surface area contributed by atoms with Gasteiger partial charge in [0.1, 0.15) is 5.75 Å². The number of phenols is 1. The number of ketones is 1. The van der Waals surface area contributed by atoms with Gasteiger partial charge in [0.2, 0.25) is 0 Å². The molecule has 0 bridgehead atoms. The number of methoxy groups -OCH3 is 1. The number of carbonyl (C=O) groups excluding carboxylic acids is 2. The molecule has 1 aromatic carbocycles. The van der Waals surface area contributed by atoms with Crippen LogP contribution in [0.2, 0.25) is 0 Å². The SMILES string of the molecule is COC(=O)c1cc(CC(=O)C(C)(C)Br)c(O)cc1C(F)(F)F. The molecule has 122 valence electrons. The van der Waals surface area contributed by atoms with Gasteiger partial charge >= 0.3 is 12.1 Å². The molecule has 0 saturated heterocycles. The standard InChI is InChI=1S/C14H14BrF3O4/c1-13(2,15)11(20)5-7-4-8(12(21)22-3)9(6-10(7)19)14(16,17)18/h4,6,19H,5H2,1-3H3. The largest absolute Gasteiger partial charge is 0.508 e. The molecule has 0 atom stereocenters. The summed E-state index contributed by atoms with van der Waals surface area (Å²) < 4.78 is 42.2. The van der Waals surface area contributed by atoms with Gasteiger partial charge in [0.15, 0.2) is 5.78 Å². The molecule has 0 spiro atoms. The Hall–Kier alpha value is -1.57. The highest BCUT2D eigenvalue weighted by molar-refractivity contribution is 9.10. The van der Waals surface area contributed by atoms with E-state index in [9.17, 15) is 27.9 Å². The second-order valence-corrected chi connectivity index (χ2v) is 7.07. The van der Waals surface area contributed by atoms with Crippen LogP contribution in [0.3, 0.4) is 0 Å². The second kappa shape index (κ2) is 6.28. The van der Waals surface area contributed by atoms with Crippen molar-refractivity contribution in [2.45, 2.75) is 30.8 Å². The van der Waals surface area contributed by atoms with Gasteiger partial charge in [-0.1, -0.05) is 15.9 Å². The summed E-state index contributed by atoms with van der Waals surface area (Å²) >= 11 is 3.13. The fraction of sp³-hybridized carbons (Fsp3) is 0.429. The second-order valence-electron chi connectivity index (χ2n) is 5.09. The molecule has 4 nitrogen and oxygen atoms in total. The van der Waals surface area contributed by atoms with E-state index < -0.39 is 33.3 Å². The third-order valence-electron chi connectivity index (χ3n) is 2.94. The van der Waals surface area contributed by atoms with Crippen LogP contribution in [0, 0.1) is 0 Å². The fourth-order valence-corrected chi connectivity index (χ4v) is 1.81. The lowest BCUT2D eigenvalue weighted by Gasteiger charge is -2.17. The van der Waals surface area contributed by atoms with Crippen LogP contribution in [0.25, 0.3) is 0 Å². The molecular weight excluding hydrogens is 369 g/mol. The lowest BCUT2D eigenvalue weighted by molar-refractivity contribution is -0.138. The van der Waals surface area contributed by atoms with Crippen LogP contribution in [-0.4, -0.2) is 28.3 Å². The van der Waals surface area contributed by atoms with Crippen molar-refractivity contribution in [1.29, 1.82) is 0 Å². The first kappa shape index (κ1) is 18.5. The molecule has 0 aliphatic carbocycles. The molecule has 22 heavy (non-hydrogen) atoms. The van der Waals surface area contributed by atoms with Crippen LogP contribution in [0.15, 0.2) is 12.1 Å². The van der Waals surface area contributed by atoms with Crippen LogP contribution in [-0.2, 0) is 22.1 Å². The fourth-order valence-electron chi connectivity index (χ4n) is 1.67. The molecule has 1 aromatic rings. The van der Waals surface area contributed by atoms with Crippen molar-refractivity contribution in [1.82, 2.24) is 0 Å². The van der Waals surface area contributed by atoms with Crippen molar-refractivity contribution in [2.24, 2.45) is 0 Å². The van der Waals surface area contributed by atoms with E-state index >= 15 is 0 Å². The van der Waals surface area contributed by atoms with Gasteiger partial charge in [0.25, 0.3) is 0 Å². The summed E-state index contributed by atoms with van der Waals surface area (Å²) in [6, 6.07) is 1.26. The molecule has 0 aliphatic heterocycles. The number of phenolic OH excluding ortho intramolecular Hbond substituents is 1. The molecule has 0 radical (unpaired) electrons. The Morgan fingerprint density at radius 2 is 1.82 bits per heavy atom. The Morgan fingerprint density at radius 1 is 1.27 bits per heavy atom. The number of ether oxygens (including phenoxy) is 1. The Kier molecular flexibility index (Phi) is 5.27. The van der Waals surface area contributed by atoms with Crippen LogP contribution < -0.4 is 0 Å². The number of benzene rings is 1. The van der Waals surface area contributed by atoms with E-state index in [1.165, 1.54) is 0 Å². The van der Waals surface area contributed by atoms with Crippen LogP contribution in [0.1, 0.15) is 35.3 Å². The lowest BCUT2D eigenvalue weighted by atomic mass is 9.96. The van der Waals surface area contributed by atoms with Crippen molar-refractivity contribution in [2.75, 3.05) is 7.11 Å². The molecule has 0 heterocycles. The predicted molar refractivity (Wildman–Crippen MR) is 76.2 cm³/mol. The third kappa shape index (κ3) is 4.22. The van der Waals surface area contributed by atoms with Gasteiger partial charge in [0.05, 0.1) is 22.6 Å². The number of Topliss-reactive ketones (excluding diaryl/α,β-unsaturated/α-hetero) is 1. The van der Waals surface area contributed by atoms with Gasteiger partial charge in [-0.25, -0.2) is 4.79 Å². The number of alkyl halides is 4. The first-order chi connectivity index (χ1) is 9.87.